The first-order chi connectivity index (χ1) is 8.91. The Balaban J connectivity index is 1.89. The van der Waals surface area contributed by atoms with Gasteiger partial charge in [-0.15, -0.1) is 0 Å². The van der Waals surface area contributed by atoms with Crippen molar-refractivity contribution in [3.63, 3.8) is 0 Å². The molecule has 2 fully saturated rings. The lowest BCUT2D eigenvalue weighted by Crippen LogP contribution is -2.25. The van der Waals surface area contributed by atoms with Crippen LogP contribution in [0.25, 0.3) is 0 Å². The highest BCUT2D eigenvalue weighted by molar-refractivity contribution is 7.92. The predicted octanol–water partition coefficient (Wildman–Crippen LogP) is 3.29. The molecule has 0 aromatic heterocycles. The van der Waals surface area contributed by atoms with Crippen molar-refractivity contribution in [1.29, 1.82) is 0 Å². The van der Waals surface area contributed by atoms with Crippen molar-refractivity contribution in [1.82, 2.24) is 0 Å². The highest BCUT2D eigenvalue weighted by Gasteiger charge is 2.49. The van der Waals surface area contributed by atoms with E-state index < -0.39 is 9.84 Å². The molecule has 2 aliphatic rings. The van der Waals surface area contributed by atoms with E-state index in [1.54, 1.807) is 12.1 Å². The molecule has 0 spiro atoms. The van der Waals surface area contributed by atoms with Crippen molar-refractivity contribution < 1.29 is 8.42 Å². The van der Waals surface area contributed by atoms with Crippen molar-refractivity contribution in [3.05, 3.63) is 54.1 Å². The molecule has 0 N–H and O–H groups in total. The zero-order chi connectivity index (χ0) is 13.8. The van der Waals surface area contributed by atoms with Crippen LogP contribution in [0.1, 0.15) is 18.4 Å². The van der Waals surface area contributed by atoms with Crippen molar-refractivity contribution in [3.8, 4) is 0 Å². The number of hydrogen-bond acceptors (Lipinski definition) is 2. The van der Waals surface area contributed by atoms with E-state index in [0.29, 0.717) is 29.6 Å². The Kier molecular flexibility index (Phi) is 2.72. The summed E-state index contributed by atoms with van der Waals surface area (Å²) in [5.41, 5.74) is 3.20. The second-order valence-electron chi connectivity index (χ2n) is 5.71. The molecule has 0 aliphatic heterocycles. The fraction of sp³-hybridized carbons (Fsp3) is 0.375. The molecule has 0 bridgehead atoms. The summed E-state index contributed by atoms with van der Waals surface area (Å²) >= 11 is 0. The van der Waals surface area contributed by atoms with Gasteiger partial charge in [0.05, 0.1) is 10.1 Å². The van der Waals surface area contributed by atoms with Crippen molar-refractivity contribution in [2.24, 2.45) is 11.8 Å². The number of aryl methyl sites for hydroxylation is 1. The van der Waals surface area contributed by atoms with Crippen LogP contribution in [0, 0.1) is 18.8 Å². The predicted molar refractivity (Wildman–Crippen MR) is 76.6 cm³/mol. The first kappa shape index (κ1) is 12.7. The molecule has 0 amide bonds. The highest BCUT2D eigenvalue weighted by atomic mass is 32.2. The number of rotatable bonds is 2. The third-order valence-electron chi connectivity index (χ3n) is 4.62. The van der Waals surface area contributed by atoms with E-state index in [0.717, 1.165) is 16.7 Å². The Morgan fingerprint density at radius 1 is 1.00 bits per heavy atom. The van der Waals surface area contributed by atoms with Crippen LogP contribution in [0.4, 0.5) is 0 Å². The topological polar surface area (TPSA) is 34.1 Å². The number of allylic oxidation sites excluding steroid dienone is 2. The maximum atomic E-state index is 12.6. The van der Waals surface area contributed by atoms with Gasteiger partial charge in [0, 0.05) is 0 Å². The molecule has 100 valence electrons. The normalized spacial score (nSPS) is 30.1. The molecule has 1 aromatic rings. The van der Waals surface area contributed by atoms with Gasteiger partial charge in [-0.2, -0.15) is 0 Å². The van der Waals surface area contributed by atoms with Crippen LogP contribution < -0.4 is 0 Å². The Labute approximate surface area is 114 Å². The molecule has 19 heavy (non-hydrogen) atoms. The molecule has 1 unspecified atom stereocenters. The molecule has 2 saturated carbocycles. The van der Waals surface area contributed by atoms with Crippen LogP contribution in [0.5, 0.6) is 0 Å². The van der Waals surface area contributed by atoms with Crippen molar-refractivity contribution in [2.75, 3.05) is 0 Å². The summed E-state index contributed by atoms with van der Waals surface area (Å²) in [6.07, 6.45) is 1.41. The van der Waals surface area contributed by atoms with Gasteiger partial charge in [0.1, 0.15) is 0 Å². The lowest BCUT2D eigenvalue weighted by atomic mass is 9.68. The number of sulfone groups is 1. The number of fused-ring (bicyclic) bond motifs is 1. The fourth-order valence-electron chi connectivity index (χ4n) is 3.32. The van der Waals surface area contributed by atoms with Crippen LogP contribution in [0.2, 0.25) is 0 Å². The number of hydrogen-bond donors (Lipinski definition) is 0. The highest BCUT2D eigenvalue weighted by Crippen LogP contribution is 2.55. The van der Waals surface area contributed by atoms with E-state index in [4.69, 9.17) is 0 Å². The van der Waals surface area contributed by atoms with Gasteiger partial charge in [-0.3, -0.25) is 0 Å². The van der Waals surface area contributed by atoms with E-state index in [2.05, 4.69) is 13.2 Å². The Morgan fingerprint density at radius 3 is 1.95 bits per heavy atom. The second-order valence-corrected chi connectivity index (χ2v) is 7.94. The smallest absolute Gasteiger partial charge is 0.181 e. The Bertz CT molecular complexity index is 630. The van der Waals surface area contributed by atoms with E-state index in [9.17, 15) is 8.42 Å². The molecular formula is C16H18O2S. The van der Waals surface area contributed by atoms with E-state index in [1.165, 1.54) is 0 Å². The molecule has 3 atom stereocenters. The minimum absolute atomic E-state index is 0.277. The van der Waals surface area contributed by atoms with Crippen molar-refractivity contribution in [2.45, 2.75) is 29.9 Å². The van der Waals surface area contributed by atoms with Crippen LogP contribution in [0.15, 0.2) is 53.5 Å². The second kappa shape index (κ2) is 4.07. The monoisotopic (exact) mass is 274 g/mol. The largest absolute Gasteiger partial charge is 0.223 e. The van der Waals surface area contributed by atoms with Gasteiger partial charge in [0.2, 0.25) is 0 Å². The summed E-state index contributed by atoms with van der Waals surface area (Å²) in [5.74, 6) is 0.690. The molecular weight excluding hydrogens is 256 g/mol. The van der Waals surface area contributed by atoms with Crippen LogP contribution in [0.3, 0.4) is 0 Å². The van der Waals surface area contributed by atoms with Gasteiger partial charge in [-0.05, 0) is 54.9 Å². The molecule has 2 aliphatic carbocycles. The maximum absolute atomic E-state index is 12.6. The molecule has 0 saturated heterocycles. The van der Waals surface area contributed by atoms with Crippen LogP contribution >= 0.6 is 0 Å². The standard InChI is InChI=1S/C16H18O2S/c1-10-4-6-13(7-5-10)19(17,18)14-8-15-11(2)12(3)16(15)9-14/h4-7,14-16H,2-3,8-9H2,1H3/t14?,15-,16+. The Hall–Kier alpha value is -1.35. The lowest BCUT2D eigenvalue weighted by molar-refractivity contribution is 0.431. The van der Waals surface area contributed by atoms with Crippen LogP contribution in [-0.4, -0.2) is 13.7 Å². The molecule has 3 heteroatoms. The van der Waals surface area contributed by atoms with Gasteiger partial charge in [0.25, 0.3) is 0 Å². The van der Waals surface area contributed by atoms with E-state index in [1.807, 2.05) is 19.1 Å². The summed E-state index contributed by atoms with van der Waals surface area (Å²) in [4.78, 5) is 0.445. The maximum Gasteiger partial charge on any atom is 0.181 e. The number of benzene rings is 1. The quantitative estimate of drug-likeness (QED) is 0.829. The third kappa shape index (κ3) is 1.79. The lowest BCUT2D eigenvalue weighted by Gasteiger charge is -2.36. The summed E-state index contributed by atoms with van der Waals surface area (Å²) in [6, 6.07) is 7.14. The average molecular weight is 274 g/mol. The fourth-order valence-corrected chi connectivity index (χ4v) is 5.14. The van der Waals surface area contributed by atoms with Gasteiger partial charge in [0.15, 0.2) is 9.84 Å². The molecule has 0 radical (unpaired) electrons. The molecule has 2 nitrogen and oxygen atoms in total. The minimum Gasteiger partial charge on any atom is -0.223 e. The summed E-state index contributed by atoms with van der Waals surface area (Å²) in [5, 5.41) is -0.277. The minimum atomic E-state index is -3.21. The zero-order valence-electron chi connectivity index (χ0n) is 11.1. The summed E-state index contributed by atoms with van der Waals surface area (Å²) in [6.45, 7) is 9.94. The van der Waals surface area contributed by atoms with Crippen LogP contribution in [-0.2, 0) is 9.84 Å². The third-order valence-corrected chi connectivity index (χ3v) is 6.81. The first-order valence-electron chi connectivity index (χ1n) is 6.60. The van der Waals surface area contributed by atoms with Gasteiger partial charge in [-0.1, -0.05) is 30.9 Å². The SMILES string of the molecule is C=C1C(=C)[C@@H]2CC(S(=O)(=O)c3ccc(C)cc3)C[C@H]12. The summed E-state index contributed by atoms with van der Waals surface area (Å²) < 4.78 is 25.2. The van der Waals surface area contributed by atoms with Crippen molar-refractivity contribution >= 4 is 9.84 Å². The van der Waals surface area contributed by atoms with Gasteiger partial charge in [-0.25, -0.2) is 8.42 Å². The molecule has 1 aromatic carbocycles. The van der Waals surface area contributed by atoms with Gasteiger partial charge < -0.3 is 0 Å². The molecule has 3 rings (SSSR count). The van der Waals surface area contributed by atoms with E-state index in [-0.39, 0.29) is 5.25 Å². The van der Waals surface area contributed by atoms with E-state index >= 15 is 0 Å². The average Bonchev–Trinajstić information content (AvgIpc) is 2.80. The molecule has 0 heterocycles. The first-order valence-corrected chi connectivity index (χ1v) is 8.14. The Morgan fingerprint density at radius 2 is 1.47 bits per heavy atom. The zero-order valence-corrected chi connectivity index (χ0v) is 11.9. The summed E-state index contributed by atoms with van der Waals surface area (Å²) in [7, 11) is -3.21. The van der Waals surface area contributed by atoms with Gasteiger partial charge >= 0.3 is 0 Å².